The minimum Gasteiger partial charge on any atom is -0.352 e. The van der Waals surface area contributed by atoms with E-state index in [1.54, 1.807) is 31.2 Å². The Bertz CT molecular complexity index is 896. The number of benzene rings is 2. The fraction of sp³-hybridized carbons (Fsp3) is 0.391. The minimum absolute atomic E-state index is 0.128. The number of hydrogen-bond donors (Lipinski definition) is 1. The third kappa shape index (κ3) is 5.73. The zero-order valence-electron chi connectivity index (χ0n) is 16.8. The van der Waals surface area contributed by atoms with Gasteiger partial charge < -0.3 is 10.2 Å². The van der Waals surface area contributed by atoms with Crippen LogP contribution in [-0.4, -0.2) is 28.8 Å². The molecule has 4 nitrogen and oxygen atoms in total. The van der Waals surface area contributed by atoms with Crippen LogP contribution in [0.1, 0.15) is 43.7 Å². The van der Waals surface area contributed by atoms with E-state index in [9.17, 15) is 14.0 Å². The summed E-state index contributed by atoms with van der Waals surface area (Å²) in [7, 11) is 0. The van der Waals surface area contributed by atoms with E-state index in [0.29, 0.717) is 5.02 Å². The summed E-state index contributed by atoms with van der Waals surface area (Å²) >= 11 is 12.2. The molecule has 1 aliphatic carbocycles. The number of hydrogen-bond acceptors (Lipinski definition) is 2. The second kappa shape index (κ2) is 10.3. The van der Waals surface area contributed by atoms with Crippen molar-refractivity contribution in [3.05, 3.63) is 69.5 Å². The van der Waals surface area contributed by atoms with Gasteiger partial charge >= 0.3 is 0 Å². The van der Waals surface area contributed by atoms with Crippen molar-refractivity contribution in [2.75, 3.05) is 0 Å². The van der Waals surface area contributed by atoms with E-state index in [2.05, 4.69) is 5.32 Å². The van der Waals surface area contributed by atoms with Crippen LogP contribution in [0.3, 0.4) is 0 Å². The monoisotopic (exact) mass is 450 g/mol. The largest absolute Gasteiger partial charge is 0.352 e. The molecule has 0 spiro atoms. The molecule has 2 aromatic carbocycles. The average Bonchev–Trinajstić information content (AvgIpc) is 3.21. The lowest BCUT2D eigenvalue weighted by Crippen LogP contribution is -2.50. The van der Waals surface area contributed by atoms with E-state index < -0.39 is 11.9 Å². The standard InChI is InChI=1S/C23H25Cl2FN2O2/c1-15(23(30)27-18-8-2-3-9-18)28(14-16-6-4-7-17(24)12-16)22(29)13-19-20(25)10-5-11-21(19)26/h4-7,10-12,15,18H,2-3,8-9,13-14H2,1H3,(H,27,30). The Morgan fingerprint density at radius 1 is 1.17 bits per heavy atom. The van der Waals surface area contributed by atoms with Crippen molar-refractivity contribution in [3.63, 3.8) is 0 Å². The Kier molecular flexibility index (Phi) is 7.73. The van der Waals surface area contributed by atoms with Crippen LogP contribution in [-0.2, 0) is 22.6 Å². The fourth-order valence-corrected chi connectivity index (χ4v) is 4.20. The van der Waals surface area contributed by atoms with Gasteiger partial charge in [0.1, 0.15) is 11.9 Å². The predicted octanol–water partition coefficient (Wildman–Crippen LogP) is 5.15. The van der Waals surface area contributed by atoms with Gasteiger partial charge in [-0.25, -0.2) is 4.39 Å². The number of amides is 2. The van der Waals surface area contributed by atoms with Crippen molar-refractivity contribution in [2.45, 2.75) is 57.7 Å². The van der Waals surface area contributed by atoms with Crippen LogP contribution >= 0.6 is 23.2 Å². The molecule has 1 atom stereocenters. The molecule has 0 bridgehead atoms. The molecule has 3 rings (SSSR count). The Labute approximate surface area is 186 Å². The maximum Gasteiger partial charge on any atom is 0.242 e. The van der Waals surface area contributed by atoms with Gasteiger partial charge in [-0.15, -0.1) is 0 Å². The molecule has 1 aliphatic rings. The molecular weight excluding hydrogens is 426 g/mol. The Balaban J connectivity index is 1.82. The smallest absolute Gasteiger partial charge is 0.242 e. The molecule has 1 N–H and O–H groups in total. The quantitative estimate of drug-likeness (QED) is 0.633. The van der Waals surface area contributed by atoms with E-state index in [1.165, 1.54) is 17.0 Å². The minimum atomic E-state index is -0.720. The highest BCUT2D eigenvalue weighted by Crippen LogP contribution is 2.23. The molecule has 7 heteroatoms. The molecule has 1 saturated carbocycles. The van der Waals surface area contributed by atoms with E-state index in [-0.39, 0.29) is 41.4 Å². The first-order chi connectivity index (χ1) is 14.3. The zero-order chi connectivity index (χ0) is 21.7. The topological polar surface area (TPSA) is 49.4 Å². The van der Waals surface area contributed by atoms with Crippen molar-refractivity contribution in [2.24, 2.45) is 0 Å². The lowest BCUT2D eigenvalue weighted by Gasteiger charge is -2.30. The third-order valence-electron chi connectivity index (χ3n) is 5.50. The van der Waals surface area contributed by atoms with Gasteiger partial charge in [0.05, 0.1) is 6.42 Å². The molecule has 2 aromatic rings. The second-order valence-corrected chi connectivity index (χ2v) is 8.54. The number of nitrogens with zero attached hydrogens (tertiary/aromatic N) is 1. The highest BCUT2D eigenvalue weighted by atomic mass is 35.5. The van der Waals surface area contributed by atoms with Crippen LogP contribution in [0.5, 0.6) is 0 Å². The van der Waals surface area contributed by atoms with Crippen LogP contribution in [0.15, 0.2) is 42.5 Å². The van der Waals surface area contributed by atoms with Gasteiger partial charge in [0, 0.05) is 28.2 Å². The highest BCUT2D eigenvalue weighted by molar-refractivity contribution is 6.31. The molecule has 30 heavy (non-hydrogen) atoms. The molecule has 160 valence electrons. The second-order valence-electron chi connectivity index (χ2n) is 7.69. The fourth-order valence-electron chi connectivity index (χ4n) is 3.76. The first-order valence-electron chi connectivity index (χ1n) is 10.1. The van der Waals surface area contributed by atoms with Gasteiger partial charge in [-0.2, -0.15) is 0 Å². The van der Waals surface area contributed by atoms with Gasteiger partial charge in [0.15, 0.2) is 0 Å². The lowest BCUT2D eigenvalue weighted by molar-refractivity contribution is -0.140. The van der Waals surface area contributed by atoms with E-state index in [1.807, 2.05) is 6.07 Å². The summed E-state index contributed by atoms with van der Waals surface area (Å²) in [6.07, 6.45) is 3.86. The van der Waals surface area contributed by atoms with Crippen LogP contribution in [0.2, 0.25) is 10.0 Å². The number of carbonyl (C=O) groups excluding carboxylic acids is 2. The van der Waals surface area contributed by atoms with E-state index in [0.717, 1.165) is 31.2 Å². The number of nitrogens with one attached hydrogen (secondary N) is 1. The van der Waals surface area contributed by atoms with Gasteiger partial charge in [-0.05, 0) is 49.6 Å². The van der Waals surface area contributed by atoms with Gasteiger partial charge in [-0.3, -0.25) is 9.59 Å². The average molecular weight is 451 g/mol. The summed E-state index contributed by atoms with van der Waals surface area (Å²) in [5.74, 6) is -1.13. The van der Waals surface area contributed by atoms with Crippen LogP contribution in [0, 0.1) is 5.82 Å². The molecule has 2 amide bonds. The molecule has 0 aliphatic heterocycles. The van der Waals surface area contributed by atoms with Gasteiger partial charge in [0.25, 0.3) is 0 Å². The molecule has 0 saturated heterocycles. The summed E-state index contributed by atoms with van der Waals surface area (Å²) in [4.78, 5) is 27.5. The summed E-state index contributed by atoms with van der Waals surface area (Å²) < 4.78 is 14.2. The van der Waals surface area contributed by atoms with E-state index in [4.69, 9.17) is 23.2 Å². The first-order valence-corrected chi connectivity index (χ1v) is 10.9. The molecule has 1 fully saturated rings. The van der Waals surface area contributed by atoms with E-state index >= 15 is 0 Å². The molecule has 0 radical (unpaired) electrons. The summed E-state index contributed by atoms with van der Waals surface area (Å²) in [6, 6.07) is 10.9. The summed E-state index contributed by atoms with van der Waals surface area (Å²) in [6.45, 7) is 1.88. The van der Waals surface area contributed by atoms with Gasteiger partial charge in [0.2, 0.25) is 11.8 Å². The Morgan fingerprint density at radius 3 is 2.53 bits per heavy atom. The van der Waals surface area contributed by atoms with Crippen LogP contribution in [0.4, 0.5) is 4.39 Å². The highest BCUT2D eigenvalue weighted by Gasteiger charge is 2.29. The summed E-state index contributed by atoms with van der Waals surface area (Å²) in [5.41, 5.74) is 0.916. The molecule has 0 aromatic heterocycles. The van der Waals surface area contributed by atoms with Crippen molar-refractivity contribution in [1.29, 1.82) is 0 Å². The molecular formula is C23H25Cl2FN2O2. The van der Waals surface area contributed by atoms with Crippen molar-refractivity contribution in [3.8, 4) is 0 Å². The number of carbonyl (C=O) groups is 2. The normalized spacial score (nSPS) is 15.1. The maximum atomic E-state index is 14.2. The SMILES string of the molecule is CC(C(=O)NC1CCCC1)N(Cc1cccc(Cl)c1)C(=O)Cc1c(F)cccc1Cl. The van der Waals surface area contributed by atoms with Gasteiger partial charge in [-0.1, -0.05) is 54.2 Å². The van der Waals surface area contributed by atoms with Crippen molar-refractivity contribution < 1.29 is 14.0 Å². The summed E-state index contributed by atoms with van der Waals surface area (Å²) in [5, 5.41) is 3.77. The lowest BCUT2D eigenvalue weighted by atomic mass is 10.1. The van der Waals surface area contributed by atoms with Crippen molar-refractivity contribution in [1.82, 2.24) is 10.2 Å². The Hall–Kier alpha value is -2.11. The van der Waals surface area contributed by atoms with Crippen LogP contribution < -0.4 is 5.32 Å². The molecule has 1 unspecified atom stereocenters. The molecule has 0 heterocycles. The third-order valence-corrected chi connectivity index (χ3v) is 6.09. The van der Waals surface area contributed by atoms with Crippen molar-refractivity contribution >= 4 is 35.0 Å². The number of rotatable bonds is 7. The number of halogens is 3. The first kappa shape index (κ1) is 22.6. The Morgan fingerprint density at radius 2 is 1.87 bits per heavy atom. The maximum absolute atomic E-state index is 14.2. The zero-order valence-corrected chi connectivity index (χ0v) is 18.3. The van der Waals surface area contributed by atoms with Crippen LogP contribution in [0.25, 0.3) is 0 Å². The predicted molar refractivity (Wildman–Crippen MR) is 117 cm³/mol.